The van der Waals surface area contributed by atoms with Crippen LogP contribution < -0.4 is 16.0 Å². The van der Waals surface area contributed by atoms with Crippen LogP contribution in [0.1, 0.15) is 24.8 Å². The number of rotatable bonds is 6. The fourth-order valence-corrected chi connectivity index (χ4v) is 2.70. The summed E-state index contributed by atoms with van der Waals surface area (Å²) in [5.74, 6) is 0.506. The van der Waals surface area contributed by atoms with Gasteiger partial charge in [-0.15, -0.1) is 0 Å². The molecule has 7 nitrogen and oxygen atoms in total. The molecule has 1 fully saturated rings. The molecule has 1 saturated heterocycles. The summed E-state index contributed by atoms with van der Waals surface area (Å²) in [7, 11) is 0. The number of urea groups is 1. The average molecular weight is 373 g/mol. The Hall–Kier alpha value is -2.52. The molecule has 0 aromatic carbocycles. The molecule has 0 atom stereocenters. The first-order valence-electron chi connectivity index (χ1n) is 8.36. The number of amides is 3. The summed E-state index contributed by atoms with van der Waals surface area (Å²) in [5.41, 5.74) is 4.17. The molecule has 1 aromatic rings. The molecule has 2 heterocycles. The second-order valence-electron chi connectivity index (χ2n) is 6.02. The Labute approximate surface area is 149 Å². The van der Waals surface area contributed by atoms with Crippen molar-refractivity contribution >= 4 is 17.8 Å². The third-order valence-electron chi connectivity index (χ3n) is 4.15. The molecule has 1 aromatic heterocycles. The lowest BCUT2D eigenvalue weighted by atomic mass is 10.2. The van der Waals surface area contributed by atoms with E-state index in [0.29, 0.717) is 57.8 Å². The lowest BCUT2D eigenvalue weighted by Gasteiger charge is -2.35. The number of carbonyl (C=O) groups excluding carboxylic acids is 2. The fraction of sp³-hybridized carbons (Fsp3) is 0.562. The molecule has 2 rings (SSSR count). The van der Waals surface area contributed by atoms with E-state index in [0.717, 1.165) is 12.3 Å². The third-order valence-corrected chi connectivity index (χ3v) is 4.15. The molecule has 3 amide bonds. The van der Waals surface area contributed by atoms with Crippen LogP contribution in [0.2, 0.25) is 0 Å². The topological polar surface area (TPSA) is 91.6 Å². The van der Waals surface area contributed by atoms with Gasteiger partial charge in [-0.25, -0.2) is 9.78 Å². The molecule has 26 heavy (non-hydrogen) atoms. The Bertz CT molecular complexity index is 613. The van der Waals surface area contributed by atoms with E-state index >= 15 is 0 Å². The van der Waals surface area contributed by atoms with E-state index in [9.17, 15) is 22.8 Å². The molecule has 1 aliphatic heterocycles. The van der Waals surface area contributed by atoms with Crippen LogP contribution >= 0.6 is 0 Å². The van der Waals surface area contributed by atoms with Crippen molar-refractivity contribution in [3.63, 3.8) is 0 Å². The zero-order valence-electron chi connectivity index (χ0n) is 14.3. The quantitative estimate of drug-likeness (QED) is 0.741. The van der Waals surface area contributed by atoms with Gasteiger partial charge in [0.25, 0.3) is 0 Å². The second-order valence-corrected chi connectivity index (χ2v) is 6.02. The number of primary amides is 1. The number of unbranched alkanes of at least 4 members (excludes halogenated alkanes) is 1. The Morgan fingerprint density at radius 2 is 1.85 bits per heavy atom. The van der Waals surface area contributed by atoms with Gasteiger partial charge in [0.15, 0.2) is 0 Å². The van der Waals surface area contributed by atoms with E-state index in [2.05, 4.69) is 10.3 Å². The molecule has 0 unspecified atom stereocenters. The predicted molar refractivity (Wildman–Crippen MR) is 89.5 cm³/mol. The number of piperazine rings is 1. The number of nitrogens with one attached hydrogen (secondary N) is 1. The summed E-state index contributed by atoms with van der Waals surface area (Å²) in [4.78, 5) is 30.2. The number of halogens is 3. The van der Waals surface area contributed by atoms with E-state index in [1.165, 1.54) is 6.07 Å². The molecular weight excluding hydrogens is 351 g/mol. The van der Waals surface area contributed by atoms with E-state index in [1.54, 1.807) is 4.90 Å². The number of alkyl halides is 3. The molecule has 0 radical (unpaired) electrons. The van der Waals surface area contributed by atoms with Crippen LogP contribution in [0.3, 0.4) is 0 Å². The highest BCUT2D eigenvalue weighted by molar-refractivity contribution is 5.76. The van der Waals surface area contributed by atoms with Gasteiger partial charge in [0, 0.05) is 45.3 Å². The third kappa shape index (κ3) is 5.78. The van der Waals surface area contributed by atoms with Gasteiger partial charge in [0.1, 0.15) is 5.82 Å². The minimum absolute atomic E-state index is 0.0316. The van der Waals surface area contributed by atoms with E-state index in [1.807, 2.05) is 4.90 Å². The Morgan fingerprint density at radius 3 is 2.38 bits per heavy atom. The summed E-state index contributed by atoms with van der Waals surface area (Å²) >= 11 is 0. The lowest BCUT2D eigenvalue weighted by molar-refractivity contribution is -0.138. The van der Waals surface area contributed by atoms with E-state index in [4.69, 9.17) is 5.73 Å². The molecular formula is C16H22F3N5O2. The Morgan fingerprint density at radius 1 is 1.15 bits per heavy atom. The van der Waals surface area contributed by atoms with Gasteiger partial charge in [0.05, 0.1) is 5.56 Å². The van der Waals surface area contributed by atoms with Crippen molar-refractivity contribution in [3.05, 3.63) is 23.9 Å². The first kappa shape index (κ1) is 19.8. The molecule has 0 saturated carbocycles. The first-order valence-corrected chi connectivity index (χ1v) is 8.36. The van der Waals surface area contributed by atoms with Crippen molar-refractivity contribution in [2.45, 2.75) is 25.4 Å². The Kier molecular flexibility index (Phi) is 6.64. The maximum atomic E-state index is 12.6. The molecule has 144 valence electrons. The van der Waals surface area contributed by atoms with Gasteiger partial charge in [-0.1, -0.05) is 0 Å². The van der Waals surface area contributed by atoms with Crippen molar-refractivity contribution < 1.29 is 22.8 Å². The van der Waals surface area contributed by atoms with Crippen LogP contribution in [0.15, 0.2) is 18.3 Å². The highest BCUT2D eigenvalue weighted by atomic mass is 19.4. The minimum atomic E-state index is -4.40. The van der Waals surface area contributed by atoms with Crippen molar-refractivity contribution in [1.82, 2.24) is 15.2 Å². The summed E-state index contributed by atoms with van der Waals surface area (Å²) in [5, 5.41) is 2.47. The summed E-state index contributed by atoms with van der Waals surface area (Å²) in [6.07, 6.45) is -1.86. The smallest absolute Gasteiger partial charge is 0.353 e. The van der Waals surface area contributed by atoms with Crippen LogP contribution in [-0.2, 0) is 11.0 Å². The highest BCUT2D eigenvalue weighted by Gasteiger charge is 2.31. The molecule has 0 spiro atoms. The van der Waals surface area contributed by atoms with Gasteiger partial charge in [-0.2, -0.15) is 13.2 Å². The van der Waals surface area contributed by atoms with Crippen molar-refractivity contribution in [3.8, 4) is 0 Å². The van der Waals surface area contributed by atoms with Gasteiger partial charge in [-0.05, 0) is 25.0 Å². The fourth-order valence-electron chi connectivity index (χ4n) is 2.70. The molecule has 1 aliphatic rings. The zero-order valence-corrected chi connectivity index (χ0v) is 14.3. The molecule has 10 heteroatoms. The minimum Gasteiger partial charge on any atom is -0.353 e. The van der Waals surface area contributed by atoms with Crippen LogP contribution in [0.25, 0.3) is 0 Å². The van der Waals surface area contributed by atoms with Gasteiger partial charge in [0.2, 0.25) is 5.91 Å². The maximum absolute atomic E-state index is 12.6. The summed E-state index contributed by atoms with van der Waals surface area (Å²) < 4.78 is 37.7. The second kappa shape index (κ2) is 8.72. The molecule has 3 N–H and O–H groups in total. The number of hydrogen-bond acceptors (Lipinski definition) is 4. The Balaban J connectivity index is 1.74. The van der Waals surface area contributed by atoms with Crippen molar-refractivity contribution in [2.24, 2.45) is 5.73 Å². The van der Waals surface area contributed by atoms with E-state index in [-0.39, 0.29) is 5.91 Å². The number of anilines is 1. The standard InChI is InChI=1S/C16H22F3N5O2/c17-16(18,19)12-4-5-13(22-11-12)23-7-9-24(10-8-23)14(25)3-1-2-6-21-15(20)26/h4-5,11H,1-3,6-10H2,(H3,20,21,26). The summed E-state index contributed by atoms with van der Waals surface area (Å²) in [6, 6.07) is 1.79. The number of hydrogen-bond donors (Lipinski definition) is 2. The number of aromatic nitrogens is 1. The van der Waals surface area contributed by atoms with Crippen molar-refractivity contribution in [2.75, 3.05) is 37.6 Å². The van der Waals surface area contributed by atoms with Crippen LogP contribution in [-0.4, -0.2) is 54.5 Å². The number of nitrogens with zero attached hydrogens (tertiary/aromatic N) is 3. The van der Waals surface area contributed by atoms with E-state index < -0.39 is 17.8 Å². The first-order chi connectivity index (χ1) is 12.3. The monoisotopic (exact) mass is 373 g/mol. The van der Waals surface area contributed by atoms with Gasteiger partial charge in [-0.3, -0.25) is 4.79 Å². The average Bonchev–Trinajstić information content (AvgIpc) is 2.60. The SMILES string of the molecule is NC(=O)NCCCCC(=O)N1CCN(c2ccc(C(F)(F)F)cn2)CC1. The predicted octanol–water partition coefficient (Wildman–Crippen LogP) is 1.59. The number of nitrogens with two attached hydrogens (primary N) is 1. The maximum Gasteiger partial charge on any atom is 0.417 e. The normalized spacial score (nSPS) is 15.0. The highest BCUT2D eigenvalue weighted by Crippen LogP contribution is 2.29. The van der Waals surface area contributed by atoms with Crippen LogP contribution in [0, 0.1) is 0 Å². The van der Waals surface area contributed by atoms with Crippen LogP contribution in [0.4, 0.5) is 23.8 Å². The largest absolute Gasteiger partial charge is 0.417 e. The van der Waals surface area contributed by atoms with Gasteiger partial charge < -0.3 is 20.9 Å². The lowest BCUT2D eigenvalue weighted by Crippen LogP contribution is -2.49. The van der Waals surface area contributed by atoms with Crippen LogP contribution in [0.5, 0.6) is 0 Å². The summed E-state index contributed by atoms with van der Waals surface area (Å²) in [6.45, 7) is 2.48. The van der Waals surface area contributed by atoms with Crippen molar-refractivity contribution in [1.29, 1.82) is 0 Å². The molecule has 0 bridgehead atoms. The number of pyridine rings is 1. The molecule has 0 aliphatic carbocycles. The van der Waals surface area contributed by atoms with Gasteiger partial charge >= 0.3 is 12.2 Å². The number of carbonyl (C=O) groups is 2. The zero-order chi connectivity index (χ0) is 19.2.